The van der Waals surface area contributed by atoms with Crippen molar-refractivity contribution in [2.75, 3.05) is 13.7 Å². The maximum Gasteiger partial charge on any atom is 0.354 e. The molecule has 2 rings (SSSR count). The second-order valence-electron chi connectivity index (χ2n) is 3.66. The molecule has 0 saturated carbocycles. The normalized spacial score (nSPS) is 14.5. The van der Waals surface area contributed by atoms with Crippen LogP contribution in [0.25, 0.3) is 0 Å². The third-order valence-corrected chi connectivity index (χ3v) is 2.66. The SMILES string of the molecule is CN(Cc1cnc(Cl)c(F)c1)C1=CCOC1=O. The van der Waals surface area contributed by atoms with Gasteiger partial charge in [0.2, 0.25) is 0 Å². The van der Waals surface area contributed by atoms with Gasteiger partial charge >= 0.3 is 5.97 Å². The van der Waals surface area contributed by atoms with Gasteiger partial charge < -0.3 is 9.64 Å². The van der Waals surface area contributed by atoms with Gasteiger partial charge in [-0.05, 0) is 17.7 Å². The molecule has 1 aliphatic heterocycles. The van der Waals surface area contributed by atoms with Crippen molar-refractivity contribution in [3.63, 3.8) is 0 Å². The molecule has 90 valence electrons. The minimum absolute atomic E-state index is 0.157. The first-order valence-corrected chi connectivity index (χ1v) is 5.34. The van der Waals surface area contributed by atoms with E-state index in [4.69, 9.17) is 16.3 Å². The summed E-state index contributed by atoms with van der Waals surface area (Å²) in [5, 5.41) is -0.157. The quantitative estimate of drug-likeness (QED) is 0.610. The molecule has 0 unspecified atom stereocenters. The van der Waals surface area contributed by atoms with Crippen LogP contribution in [0.5, 0.6) is 0 Å². The summed E-state index contributed by atoms with van der Waals surface area (Å²) in [6.07, 6.45) is 3.16. The molecule has 1 aromatic rings. The molecule has 1 aliphatic rings. The molecule has 0 spiro atoms. The molecule has 0 atom stereocenters. The molecular weight excluding hydrogens is 247 g/mol. The zero-order valence-electron chi connectivity index (χ0n) is 9.11. The molecule has 0 radical (unpaired) electrons. The smallest absolute Gasteiger partial charge is 0.354 e. The van der Waals surface area contributed by atoms with Crippen molar-refractivity contribution in [2.24, 2.45) is 0 Å². The van der Waals surface area contributed by atoms with E-state index in [-0.39, 0.29) is 17.7 Å². The van der Waals surface area contributed by atoms with Gasteiger partial charge in [-0.2, -0.15) is 0 Å². The van der Waals surface area contributed by atoms with Crippen LogP contribution >= 0.6 is 11.6 Å². The van der Waals surface area contributed by atoms with Crippen molar-refractivity contribution < 1.29 is 13.9 Å². The number of hydrogen-bond acceptors (Lipinski definition) is 4. The summed E-state index contributed by atoms with van der Waals surface area (Å²) in [4.78, 5) is 16.7. The van der Waals surface area contributed by atoms with Gasteiger partial charge in [0.05, 0.1) is 0 Å². The van der Waals surface area contributed by atoms with Crippen LogP contribution in [0.2, 0.25) is 5.15 Å². The molecule has 0 N–H and O–H groups in total. The number of carbonyl (C=O) groups excluding carboxylic acids is 1. The fraction of sp³-hybridized carbons (Fsp3) is 0.273. The van der Waals surface area contributed by atoms with Gasteiger partial charge in [-0.15, -0.1) is 0 Å². The lowest BCUT2D eigenvalue weighted by Crippen LogP contribution is -2.21. The molecule has 1 aromatic heterocycles. The summed E-state index contributed by atoms with van der Waals surface area (Å²) in [5.74, 6) is -0.935. The van der Waals surface area contributed by atoms with Crippen molar-refractivity contribution in [2.45, 2.75) is 6.54 Å². The van der Waals surface area contributed by atoms with E-state index in [0.29, 0.717) is 17.8 Å². The van der Waals surface area contributed by atoms with E-state index < -0.39 is 5.82 Å². The van der Waals surface area contributed by atoms with Crippen molar-refractivity contribution >= 4 is 17.6 Å². The lowest BCUT2D eigenvalue weighted by atomic mass is 10.2. The molecule has 2 heterocycles. The number of pyridine rings is 1. The fourth-order valence-corrected chi connectivity index (χ4v) is 1.67. The van der Waals surface area contributed by atoms with Crippen molar-refractivity contribution in [1.82, 2.24) is 9.88 Å². The first-order chi connectivity index (χ1) is 8.08. The predicted molar refractivity (Wildman–Crippen MR) is 59.7 cm³/mol. The Morgan fingerprint density at radius 2 is 2.41 bits per heavy atom. The molecule has 0 fully saturated rings. The minimum Gasteiger partial charge on any atom is -0.457 e. The molecule has 0 bridgehead atoms. The van der Waals surface area contributed by atoms with Gasteiger partial charge in [0.1, 0.15) is 12.3 Å². The van der Waals surface area contributed by atoms with Crippen LogP contribution in [0.15, 0.2) is 24.0 Å². The summed E-state index contributed by atoms with van der Waals surface area (Å²) in [6, 6.07) is 1.30. The molecule has 0 aliphatic carbocycles. The molecule has 6 heteroatoms. The predicted octanol–water partition coefficient (Wildman–Crippen LogP) is 1.75. The number of aromatic nitrogens is 1. The average molecular weight is 257 g/mol. The van der Waals surface area contributed by atoms with E-state index in [0.717, 1.165) is 0 Å². The van der Waals surface area contributed by atoms with E-state index >= 15 is 0 Å². The van der Waals surface area contributed by atoms with Gasteiger partial charge in [0, 0.05) is 19.8 Å². The summed E-state index contributed by atoms with van der Waals surface area (Å²) in [6.45, 7) is 0.647. The van der Waals surface area contributed by atoms with Crippen molar-refractivity contribution in [3.8, 4) is 0 Å². The highest BCUT2D eigenvalue weighted by Crippen LogP contribution is 2.17. The minimum atomic E-state index is -0.569. The Labute approximate surface area is 103 Å². The largest absolute Gasteiger partial charge is 0.457 e. The number of carbonyl (C=O) groups is 1. The van der Waals surface area contributed by atoms with Crippen LogP contribution in [0.1, 0.15) is 5.56 Å². The van der Waals surface area contributed by atoms with Crippen LogP contribution in [-0.4, -0.2) is 29.5 Å². The molecular formula is C11H10ClFN2O2. The number of cyclic esters (lactones) is 1. The number of halogens is 2. The molecule has 0 amide bonds. The maximum absolute atomic E-state index is 13.2. The van der Waals surface area contributed by atoms with Crippen LogP contribution in [0.3, 0.4) is 0 Å². The molecule has 0 saturated heterocycles. The van der Waals surface area contributed by atoms with E-state index in [1.165, 1.54) is 12.3 Å². The van der Waals surface area contributed by atoms with Crippen molar-refractivity contribution in [3.05, 3.63) is 40.6 Å². The first-order valence-electron chi connectivity index (χ1n) is 4.96. The summed E-state index contributed by atoms with van der Waals surface area (Å²) < 4.78 is 17.9. The second kappa shape index (κ2) is 4.71. The maximum atomic E-state index is 13.2. The van der Waals surface area contributed by atoms with Gasteiger partial charge in [-0.25, -0.2) is 14.2 Å². The molecule has 4 nitrogen and oxygen atoms in total. The number of rotatable bonds is 3. The second-order valence-corrected chi connectivity index (χ2v) is 4.02. The Morgan fingerprint density at radius 1 is 1.65 bits per heavy atom. The number of esters is 1. The van der Waals surface area contributed by atoms with Gasteiger partial charge in [-0.3, -0.25) is 0 Å². The number of ether oxygens (including phenoxy) is 1. The van der Waals surface area contributed by atoms with Gasteiger partial charge in [0.25, 0.3) is 0 Å². The third-order valence-electron chi connectivity index (χ3n) is 2.38. The third kappa shape index (κ3) is 2.55. The van der Waals surface area contributed by atoms with Crippen LogP contribution < -0.4 is 0 Å². The lowest BCUT2D eigenvalue weighted by molar-refractivity contribution is -0.137. The Morgan fingerprint density at radius 3 is 3.00 bits per heavy atom. The fourth-order valence-electron chi connectivity index (χ4n) is 1.57. The van der Waals surface area contributed by atoms with E-state index in [1.807, 2.05) is 0 Å². The summed E-state index contributed by atoms with van der Waals surface area (Å²) in [5.41, 5.74) is 1.11. The zero-order chi connectivity index (χ0) is 12.4. The monoisotopic (exact) mass is 256 g/mol. The summed E-state index contributed by atoms with van der Waals surface area (Å²) in [7, 11) is 1.73. The Kier molecular flexibility index (Phi) is 3.28. The Bertz CT molecular complexity index is 490. The first kappa shape index (κ1) is 11.9. The van der Waals surface area contributed by atoms with E-state index in [9.17, 15) is 9.18 Å². The van der Waals surface area contributed by atoms with E-state index in [2.05, 4.69) is 4.98 Å². The zero-order valence-corrected chi connectivity index (χ0v) is 9.87. The highest BCUT2D eigenvalue weighted by molar-refractivity contribution is 6.29. The van der Waals surface area contributed by atoms with Crippen LogP contribution in [-0.2, 0) is 16.1 Å². The van der Waals surface area contributed by atoms with Crippen molar-refractivity contribution in [1.29, 1.82) is 0 Å². The Hall–Kier alpha value is -1.62. The van der Waals surface area contributed by atoms with Crippen LogP contribution in [0, 0.1) is 5.82 Å². The Balaban J connectivity index is 2.10. The highest BCUT2D eigenvalue weighted by atomic mass is 35.5. The molecule has 0 aromatic carbocycles. The van der Waals surface area contributed by atoms with Crippen LogP contribution in [0.4, 0.5) is 4.39 Å². The molecule has 17 heavy (non-hydrogen) atoms. The van der Waals surface area contributed by atoms with Gasteiger partial charge in [-0.1, -0.05) is 11.6 Å². The van der Waals surface area contributed by atoms with Gasteiger partial charge in [0.15, 0.2) is 11.0 Å². The number of likely N-dealkylation sites (N-methyl/N-ethyl adjacent to an activating group) is 1. The topological polar surface area (TPSA) is 42.4 Å². The number of hydrogen-bond donors (Lipinski definition) is 0. The number of nitrogens with zero attached hydrogens (tertiary/aromatic N) is 2. The average Bonchev–Trinajstić information content (AvgIpc) is 2.70. The summed E-state index contributed by atoms with van der Waals surface area (Å²) >= 11 is 5.48. The van der Waals surface area contributed by atoms with E-state index in [1.54, 1.807) is 18.0 Å². The highest BCUT2D eigenvalue weighted by Gasteiger charge is 2.20. The lowest BCUT2D eigenvalue weighted by Gasteiger charge is -2.18. The standard InChI is InChI=1S/C11H10ClFN2O2/c1-15(9-2-3-17-11(9)16)6-7-4-8(13)10(12)14-5-7/h2,4-5H,3,6H2,1H3.